The van der Waals surface area contributed by atoms with Gasteiger partial charge in [-0.25, -0.2) is 0 Å². The molecule has 2 aliphatic rings. The molecule has 2 heterocycles. The monoisotopic (exact) mass is 339 g/mol. The summed E-state index contributed by atoms with van der Waals surface area (Å²) in [6, 6.07) is 4.25. The number of nitrogens with one attached hydrogen (secondary N) is 1. The van der Waals surface area contributed by atoms with Crippen molar-refractivity contribution in [3.8, 4) is 11.5 Å². The van der Waals surface area contributed by atoms with E-state index in [1.165, 1.54) is 18.4 Å². The summed E-state index contributed by atoms with van der Waals surface area (Å²) in [5.74, 6) is 2.36. The van der Waals surface area contributed by atoms with Crippen LogP contribution in [-0.4, -0.2) is 26.3 Å². The van der Waals surface area contributed by atoms with Crippen LogP contribution in [0.2, 0.25) is 0 Å². The lowest BCUT2D eigenvalue weighted by molar-refractivity contribution is 0.140. The van der Waals surface area contributed by atoms with Crippen LogP contribution in [0.3, 0.4) is 0 Å². The fourth-order valence-electron chi connectivity index (χ4n) is 2.81. The van der Waals surface area contributed by atoms with Gasteiger partial charge in [0.2, 0.25) is 0 Å². The van der Waals surface area contributed by atoms with Crippen molar-refractivity contribution >= 4 is 15.9 Å². The van der Waals surface area contributed by atoms with Gasteiger partial charge in [-0.3, -0.25) is 0 Å². The minimum absolute atomic E-state index is 0.0560. The number of hydrogen-bond acceptors (Lipinski definition) is 3. The lowest BCUT2D eigenvalue weighted by Crippen LogP contribution is -2.26. The maximum absolute atomic E-state index is 5.99. The quantitative estimate of drug-likeness (QED) is 0.845. The number of fused-ring (bicyclic) bond motifs is 1. The van der Waals surface area contributed by atoms with E-state index in [1.54, 1.807) is 0 Å². The van der Waals surface area contributed by atoms with Crippen molar-refractivity contribution in [1.82, 2.24) is 5.32 Å². The molecule has 0 unspecified atom stereocenters. The molecule has 1 N–H and O–H groups in total. The van der Waals surface area contributed by atoms with Crippen LogP contribution >= 0.6 is 15.9 Å². The van der Waals surface area contributed by atoms with E-state index in [2.05, 4.69) is 47.2 Å². The maximum atomic E-state index is 5.99. The molecule has 0 radical (unpaired) electrons. The molecule has 2 aliphatic heterocycles. The predicted octanol–water partition coefficient (Wildman–Crippen LogP) is 3.71. The van der Waals surface area contributed by atoms with Crippen molar-refractivity contribution < 1.29 is 9.47 Å². The topological polar surface area (TPSA) is 30.5 Å². The van der Waals surface area contributed by atoms with Gasteiger partial charge >= 0.3 is 0 Å². The maximum Gasteiger partial charge on any atom is 0.162 e. The number of ether oxygens (including phenoxy) is 2. The summed E-state index contributed by atoms with van der Waals surface area (Å²) in [6.07, 6.45) is 2.37. The normalized spacial score (nSPS) is 22.4. The molecule has 0 atom stereocenters. The molecule has 1 aromatic rings. The van der Waals surface area contributed by atoms with E-state index < -0.39 is 0 Å². The zero-order valence-corrected chi connectivity index (χ0v) is 13.8. The van der Waals surface area contributed by atoms with Crippen molar-refractivity contribution in [2.45, 2.75) is 32.6 Å². The molecule has 0 saturated carbocycles. The predicted molar refractivity (Wildman–Crippen MR) is 83.8 cm³/mol. The molecule has 1 fully saturated rings. The summed E-state index contributed by atoms with van der Waals surface area (Å²) in [4.78, 5) is 0. The second-order valence-corrected chi connectivity index (χ2v) is 7.44. The van der Waals surface area contributed by atoms with E-state index in [-0.39, 0.29) is 5.41 Å². The highest BCUT2D eigenvalue weighted by Crippen LogP contribution is 2.41. The lowest BCUT2D eigenvalue weighted by atomic mass is 9.90. The number of hydrogen-bond donors (Lipinski definition) is 1. The zero-order valence-electron chi connectivity index (χ0n) is 12.2. The molecule has 110 valence electrons. The van der Waals surface area contributed by atoms with Crippen LogP contribution in [0.4, 0.5) is 0 Å². The number of piperidine rings is 1. The minimum atomic E-state index is 0.0560. The fraction of sp³-hybridized carbons (Fsp3) is 0.625. The van der Waals surface area contributed by atoms with Crippen LogP contribution in [0, 0.1) is 5.41 Å². The Labute approximate surface area is 129 Å². The fourth-order valence-corrected chi connectivity index (χ4v) is 3.46. The van der Waals surface area contributed by atoms with Crippen molar-refractivity contribution in [3.05, 3.63) is 22.2 Å². The Morgan fingerprint density at radius 2 is 1.70 bits per heavy atom. The van der Waals surface area contributed by atoms with Crippen LogP contribution in [0.15, 0.2) is 16.6 Å². The van der Waals surface area contributed by atoms with Crippen molar-refractivity contribution in [2.24, 2.45) is 5.41 Å². The molecule has 3 nitrogen and oxygen atoms in total. The molecule has 0 bridgehead atoms. The summed E-state index contributed by atoms with van der Waals surface area (Å²) in [7, 11) is 0. The van der Waals surface area contributed by atoms with Crippen LogP contribution in [0.5, 0.6) is 11.5 Å². The SMILES string of the molecule is CC1(C)COc2cc(Br)c(C3CCNCC3)cc2OC1. The summed E-state index contributed by atoms with van der Waals surface area (Å²) >= 11 is 3.71. The number of halogens is 1. The first-order valence-corrected chi connectivity index (χ1v) is 8.14. The highest BCUT2D eigenvalue weighted by Gasteiger charge is 2.27. The second kappa shape index (κ2) is 5.57. The van der Waals surface area contributed by atoms with Crippen molar-refractivity contribution in [2.75, 3.05) is 26.3 Å². The molecule has 0 aliphatic carbocycles. The van der Waals surface area contributed by atoms with Gasteiger partial charge in [0.25, 0.3) is 0 Å². The van der Waals surface area contributed by atoms with Gasteiger partial charge in [-0.05, 0) is 49.5 Å². The van der Waals surface area contributed by atoms with Gasteiger partial charge in [0.15, 0.2) is 11.5 Å². The van der Waals surface area contributed by atoms with Crippen molar-refractivity contribution in [1.29, 1.82) is 0 Å². The van der Waals surface area contributed by atoms with Crippen LogP contribution in [0.25, 0.3) is 0 Å². The van der Waals surface area contributed by atoms with E-state index in [0.717, 1.165) is 29.1 Å². The lowest BCUT2D eigenvalue weighted by Gasteiger charge is -2.24. The Morgan fingerprint density at radius 3 is 2.35 bits per heavy atom. The first-order chi connectivity index (χ1) is 9.55. The van der Waals surface area contributed by atoms with Gasteiger partial charge in [0.05, 0.1) is 13.2 Å². The zero-order chi connectivity index (χ0) is 14.2. The highest BCUT2D eigenvalue weighted by molar-refractivity contribution is 9.10. The standard InChI is InChI=1S/C16H22BrNO2/c1-16(2)9-19-14-7-12(11-3-5-18-6-4-11)13(17)8-15(14)20-10-16/h7-8,11,18H,3-6,9-10H2,1-2H3. The van der Waals surface area contributed by atoms with Crippen molar-refractivity contribution in [3.63, 3.8) is 0 Å². The Morgan fingerprint density at radius 1 is 1.10 bits per heavy atom. The van der Waals surface area contributed by atoms with Gasteiger partial charge < -0.3 is 14.8 Å². The third-order valence-corrected chi connectivity index (χ3v) is 4.77. The Balaban J connectivity index is 1.89. The van der Waals surface area contributed by atoms with E-state index >= 15 is 0 Å². The minimum Gasteiger partial charge on any atom is -0.489 e. The van der Waals surface area contributed by atoms with Crippen LogP contribution in [0.1, 0.15) is 38.2 Å². The van der Waals surface area contributed by atoms with Crippen LogP contribution in [-0.2, 0) is 0 Å². The molecule has 0 spiro atoms. The molecule has 20 heavy (non-hydrogen) atoms. The smallest absolute Gasteiger partial charge is 0.162 e. The summed E-state index contributed by atoms with van der Waals surface area (Å²) in [6.45, 7) is 7.92. The molecule has 1 saturated heterocycles. The van der Waals surface area contributed by atoms with E-state index in [4.69, 9.17) is 9.47 Å². The molecule has 0 amide bonds. The average molecular weight is 340 g/mol. The van der Waals surface area contributed by atoms with Gasteiger partial charge in [-0.2, -0.15) is 0 Å². The Hall–Kier alpha value is -0.740. The Kier molecular flexibility index (Phi) is 3.95. The van der Waals surface area contributed by atoms with Gasteiger partial charge in [-0.1, -0.05) is 29.8 Å². The second-order valence-electron chi connectivity index (χ2n) is 6.59. The molecular formula is C16H22BrNO2. The highest BCUT2D eigenvalue weighted by atomic mass is 79.9. The molecule has 0 aromatic heterocycles. The Bertz CT molecular complexity index is 495. The molecule has 4 heteroatoms. The number of rotatable bonds is 1. The van der Waals surface area contributed by atoms with E-state index in [0.29, 0.717) is 19.1 Å². The third-order valence-electron chi connectivity index (χ3n) is 4.08. The van der Waals surface area contributed by atoms with Crippen LogP contribution < -0.4 is 14.8 Å². The molecule has 3 rings (SSSR count). The summed E-state index contributed by atoms with van der Waals surface area (Å²) in [5, 5.41) is 3.42. The van der Waals surface area contributed by atoms with E-state index in [1.807, 2.05) is 0 Å². The summed E-state index contributed by atoms with van der Waals surface area (Å²) < 4.78 is 13.1. The molecular weight excluding hydrogens is 318 g/mol. The molecule has 1 aromatic carbocycles. The number of benzene rings is 1. The first kappa shape index (κ1) is 14.2. The average Bonchev–Trinajstić information content (AvgIpc) is 2.58. The third kappa shape index (κ3) is 2.96. The van der Waals surface area contributed by atoms with Gasteiger partial charge in [0.1, 0.15) is 0 Å². The first-order valence-electron chi connectivity index (χ1n) is 7.35. The largest absolute Gasteiger partial charge is 0.489 e. The van der Waals surface area contributed by atoms with E-state index in [9.17, 15) is 0 Å². The van der Waals surface area contributed by atoms with Gasteiger partial charge in [-0.15, -0.1) is 0 Å². The van der Waals surface area contributed by atoms with Gasteiger partial charge in [0, 0.05) is 9.89 Å². The summed E-state index contributed by atoms with van der Waals surface area (Å²) in [5.41, 5.74) is 1.41.